The molecule has 2 aromatic rings. The van der Waals surface area contributed by atoms with Gasteiger partial charge in [0.2, 0.25) is 0 Å². The second-order valence-electron chi connectivity index (χ2n) is 3.62. The molecule has 0 spiro atoms. The van der Waals surface area contributed by atoms with Gasteiger partial charge in [0, 0.05) is 31.9 Å². The van der Waals surface area contributed by atoms with Gasteiger partial charge in [0.25, 0.3) is 0 Å². The van der Waals surface area contributed by atoms with Gasteiger partial charge in [0.15, 0.2) is 5.16 Å². The first kappa shape index (κ1) is 12.4. The quantitative estimate of drug-likeness (QED) is 0.800. The fourth-order valence-electron chi connectivity index (χ4n) is 1.37. The summed E-state index contributed by atoms with van der Waals surface area (Å²) in [5, 5.41) is 2.21. The maximum absolute atomic E-state index is 5.97. The van der Waals surface area contributed by atoms with Crippen molar-refractivity contribution in [2.75, 3.05) is 0 Å². The zero-order valence-electron chi connectivity index (χ0n) is 9.72. The van der Waals surface area contributed by atoms with E-state index in [2.05, 4.69) is 21.9 Å². The zero-order valence-corrected chi connectivity index (χ0v) is 11.3. The molecule has 0 radical (unpaired) electrons. The number of imidazole rings is 1. The van der Waals surface area contributed by atoms with E-state index in [-0.39, 0.29) is 0 Å². The lowest BCUT2D eigenvalue weighted by atomic mass is 10.3. The predicted octanol–water partition coefficient (Wildman–Crippen LogP) is 2.97. The SMILES string of the molecule is CCCc1nc(Cl)cc(Sc2nccn2C)n1. The van der Waals surface area contributed by atoms with Crippen molar-refractivity contribution in [1.29, 1.82) is 0 Å². The number of rotatable bonds is 4. The van der Waals surface area contributed by atoms with E-state index in [4.69, 9.17) is 11.6 Å². The zero-order chi connectivity index (χ0) is 12.3. The van der Waals surface area contributed by atoms with Gasteiger partial charge in [-0.25, -0.2) is 15.0 Å². The Kier molecular flexibility index (Phi) is 4.02. The van der Waals surface area contributed by atoms with Gasteiger partial charge in [-0.1, -0.05) is 18.5 Å². The Labute approximate surface area is 109 Å². The third-order valence-electron chi connectivity index (χ3n) is 2.16. The summed E-state index contributed by atoms with van der Waals surface area (Å²) in [4.78, 5) is 12.9. The van der Waals surface area contributed by atoms with E-state index in [0.29, 0.717) is 5.15 Å². The summed E-state index contributed by atoms with van der Waals surface area (Å²) in [6.07, 6.45) is 5.51. The second kappa shape index (κ2) is 5.51. The molecule has 17 heavy (non-hydrogen) atoms. The first-order valence-electron chi connectivity index (χ1n) is 5.37. The molecule has 2 rings (SSSR count). The van der Waals surface area contributed by atoms with Crippen LogP contribution in [0.25, 0.3) is 0 Å². The highest BCUT2D eigenvalue weighted by Gasteiger charge is 2.07. The normalized spacial score (nSPS) is 10.8. The minimum absolute atomic E-state index is 0.486. The van der Waals surface area contributed by atoms with Crippen LogP contribution in [0.2, 0.25) is 5.15 Å². The standard InChI is InChI=1S/C11H13ClN4S/c1-3-4-9-14-8(12)7-10(15-9)17-11-13-5-6-16(11)2/h5-7H,3-4H2,1-2H3. The molecule has 6 heteroatoms. The van der Waals surface area contributed by atoms with Crippen LogP contribution in [0.1, 0.15) is 19.2 Å². The Hall–Kier alpha value is -1.07. The van der Waals surface area contributed by atoms with Crippen molar-refractivity contribution in [2.45, 2.75) is 29.9 Å². The number of halogens is 1. The van der Waals surface area contributed by atoms with Crippen LogP contribution in [-0.4, -0.2) is 19.5 Å². The molecule has 0 saturated heterocycles. The molecule has 0 aliphatic rings. The predicted molar refractivity (Wildman–Crippen MR) is 68.4 cm³/mol. The topological polar surface area (TPSA) is 43.6 Å². The molecular formula is C11H13ClN4S. The highest BCUT2D eigenvalue weighted by atomic mass is 35.5. The average molecular weight is 269 g/mol. The van der Waals surface area contributed by atoms with Crippen molar-refractivity contribution in [3.8, 4) is 0 Å². The fraction of sp³-hybridized carbons (Fsp3) is 0.364. The molecule has 2 heterocycles. The molecular weight excluding hydrogens is 256 g/mol. The Bertz CT molecular complexity index is 512. The molecule has 0 N–H and O–H groups in total. The van der Waals surface area contributed by atoms with Gasteiger partial charge in [-0.3, -0.25) is 0 Å². The Morgan fingerprint density at radius 3 is 2.88 bits per heavy atom. The minimum atomic E-state index is 0.486. The van der Waals surface area contributed by atoms with Gasteiger partial charge in [-0.2, -0.15) is 0 Å². The van der Waals surface area contributed by atoms with Crippen molar-refractivity contribution in [3.63, 3.8) is 0 Å². The number of aryl methyl sites for hydroxylation is 2. The van der Waals surface area contributed by atoms with Crippen molar-refractivity contribution in [2.24, 2.45) is 7.05 Å². The molecule has 0 amide bonds. The molecule has 0 atom stereocenters. The van der Waals surface area contributed by atoms with E-state index in [0.717, 1.165) is 28.8 Å². The number of hydrogen-bond donors (Lipinski definition) is 0. The number of hydrogen-bond acceptors (Lipinski definition) is 4. The highest BCUT2D eigenvalue weighted by molar-refractivity contribution is 7.99. The van der Waals surface area contributed by atoms with Crippen LogP contribution < -0.4 is 0 Å². The largest absolute Gasteiger partial charge is 0.329 e. The van der Waals surface area contributed by atoms with Crippen LogP contribution in [-0.2, 0) is 13.5 Å². The molecule has 4 nitrogen and oxygen atoms in total. The summed E-state index contributed by atoms with van der Waals surface area (Å²) in [5.41, 5.74) is 0. The third kappa shape index (κ3) is 3.20. The molecule has 0 saturated carbocycles. The van der Waals surface area contributed by atoms with Gasteiger partial charge in [0.1, 0.15) is 16.0 Å². The Morgan fingerprint density at radius 1 is 1.41 bits per heavy atom. The lowest BCUT2D eigenvalue weighted by Crippen LogP contribution is -1.97. The Balaban J connectivity index is 2.23. The van der Waals surface area contributed by atoms with E-state index < -0.39 is 0 Å². The van der Waals surface area contributed by atoms with Crippen LogP contribution in [0.15, 0.2) is 28.6 Å². The fourth-order valence-corrected chi connectivity index (χ4v) is 2.47. The molecule has 90 valence electrons. The lowest BCUT2D eigenvalue weighted by Gasteiger charge is -2.04. The lowest BCUT2D eigenvalue weighted by molar-refractivity contribution is 0.782. The van der Waals surface area contributed by atoms with Crippen LogP contribution >= 0.6 is 23.4 Å². The van der Waals surface area contributed by atoms with Crippen molar-refractivity contribution >= 4 is 23.4 Å². The summed E-state index contributed by atoms with van der Waals surface area (Å²) in [7, 11) is 1.95. The molecule has 0 bridgehead atoms. The van der Waals surface area contributed by atoms with Crippen LogP contribution in [0.5, 0.6) is 0 Å². The van der Waals surface area contributed by atoms with E-state index >= 15 is 0 Å². The number of nitrogens with zero attached hydrogens (tertiary/aromatic N) is 4. The van der Waals surface area contributed by atoms with E-state index in [1.54, 1.807) is 12.3 Å². The summed E-state index contributed by atoms with van der Waals surface area (Å²) in [6.45, 7) is 2.09. The van der Waals surface area contributed by atoms with E-state index in [1.807, 2.05) is 17.8 Å². The third-order valence-corrected chi connectivity index (χ3v) is 3.35. The monoisotopic (exact) mass is 268 g/mol. The maximum Gasteiger partial charge on any atom is 0.174 e. The van der Waals surface area contributed by atoms with Crippen molar-refractivity contribution in [1.82, 2.24) is 19.5 Å². The smallest absolute Gasteiger partial charge is 0.174 e. The summed E-state index contributed by atoms with van der Waals surface area (Å²) in [6, 6.07) is 1.76. The van der Waals surface area contributed by atoms with E-state index in [9.17, 15) is 0 Å². The van der Waals surface area contributed by atoms with Gasteiger partial charge in [-0.05, 0) is 18.2 Å². The second-order valence-corrected chi connectivity index (χ2v) is 4.99. The van der Waals surface area contributed by atoms with Gasteiger partial charge >= 0.3 is 0 Å². The van der Waals surface area contributed by atoms with E-state index in [1.165, 1.54) is 11.8 Å². The first-order chi connectivity index (χ1) is 8.19. The van der Waals surface area contributed by atoms with Gasteiger partial charge in [0.05, 0.1) is 0 Å². The summed E-state index contributed by atoms with van der Waals surface area (Å²) < 4.78 is 1.94. The molecule has 2 aromatic heterocycles. The summed E-state index contributed by atoms with van der Waals surface area (Å²) in [5.74, 6) is 0.789. The molecule has 0 unspecified atom stereocenters. The Morgan fingerprint density at radius 2 is 2.24 bits per heavy atom. The molecule has 0 fully saturated rings. The van der Waals surface area contributed by atoms with Crippen molar-refractivity contribution in [3.05, 3.63) is 29.4 Å². The van der Waals surface area contributed by atoms with Crippen LogP contribution in [0, 0.1) is 0 Å². The number of aromatic nitrogens is 4. The van der Waals surface area contributed by atoms with Crippen molar-refractivity contribution < 1.29 is 0 Å². The minimum Gasteiger partial charge on any atom is -0.329 e. The summed E-state index contributed by atoms with van der Waals surface area (Å²) >= 11 is 7.47. The highest BCUT2D eigenvalue weighted by Crippen LogP contribution is 2.25. The van der Waals surface area contributed by atoms with Gasteiger partial charge in [-0.15, -0.1) is 0 Å². The average Bonchev–Trinajstić information content (AvgIpc) is 2.64. The molecule has 0 aliphatic carbocycles. The maximum atomic E-state index is 5.97. The molecule has 0 aromatic carbocycles. The van der Waals surface area contributed by atoms with Crippen LogP contribution in [0.3, 0.4) is 0 Å². The van der Waals surface area contributed by atoms with Crippen LogP contribution in [0.4, 0.5) is 0 Å². The first-order valence-corrected chi connectivity index (χ1v) is 6.57. The van der Waals surface area contributed by atoms with Gasteiger partial charge < -0.3 is 4.57 Å². The molecule has 0 aliphatic heterocycles.